The average Bonchev–Trinajstić information content (AvgIpc) is 3.00. The lowest BCUT2D eigenvalue weighted by atomic mass is 9.95. The molecule has 43 heavy (non-hydrogen) atoms. The predicted octanol–water partition coefficient (Wildman–Crippen LogP) is -6.43. The molecule has 3 heterocycles. The number of rotatable bonds is 9. The number of hydrogen-bond donors (Lipinski definition) is 12. The summed E-state index contributed by atoms with van der Waals surface area (Å²) in [5.41, 5.74) is -0.163. The van der Waals surface area contributed by atoms with E-state index in [0.717, 1.165) is 0 Å². The molecule has 0 bridgehead atoms. The zero-order valence-electron chi connectivity index (χ0n) is 22.5. The zero-order valence-corrected chi connectivity index (χ0v) is 22.5. The maximum atomic E-state index is 12.6. The second-order valence-electron chi connectivity index (χ2n) is 10.4. The van der Waals surface area contributed by atoms with Crippen LogP contribution in [-0.2, 0) is 23.7 Å². The summed E-state index contributed by atoms with van der Waals surface area (Å²) in [6, 6.07) is 5.50. The molecule has 0 aromatic heterocycles. The number of aliphatic hydroxyl groups is 10. The molecule has 18 nitrogen and oxygen atoms in total. The van der Waals surface area contributed by atoms with Crippen molar-refractivity contribution in [3.63, 3.8) is 0 Å². The first-order valence-electron chi connectivity index (χ1n) is 13.4. The van der Waals surface area contributed by atoms with Gasteiger partial charge in [-0.25, -0.2) is 0 Å². The van der Waals surface area contributed by atoms with E-state index in [0.29, 0.717) is 0 Å². The second-order valence-corrected chi connectivity index (χ2v) is 10.4. The van der Waals surface area contributed by atoms with Crippen molar-refractivity contribution in [3.05, 3.63) is 29.8 Å². The van der Waals surface area contributed by atoms with Gasteiger partial charge in [-0.1, -0.05) is 12.1 Å². The summed E-state index contributed by atoms with van der Waals surface area (Å²) < 4.78 is 27.3. The van der Waals surface area contributed by atoms with Gasteiger partial charge in [-0.3, -0.25) is 4.79 Å². The Balaban J connectivity index is 1.48. The highest BCUT2D eigenvalue weighted by molar-refractivity contribution is 5.96. The van der Waals surface area contributed by atoms with Gasteiger partial charge in [0, 0.05) is 0 Å². The van der Waals surface area contributed by atoms with Crippen molar-refractivity contribution in [2.45, 2.75) is 92.1 Å². The molecule has 0 radical (unpaired) electrons. The number of amides is 1. The highest BCUT2D eigenvalue weighted by Gasteiger charge is 2.53. The molecule has 4 rings (SSSR count). The van der Waals surface area contributed by atoms with Crippen molar-refractivity contribution in [3.8, 4) is 5.75 Å². The molecule has 1 amide bonds. The summed E-state index contributed by atoms with van der Waals surface area (Å²) in [4.78, 5) is 12.6. The van der Waals surface area contributed by atoms with Gasteiger partial charge in [0.25, 0.3) is 5.91 Å². The molecule has 3 fully saturated rings. The normalized spacial score (nSPS) is 43.7. The molecule has 3 aliphatic heterocycles. The molecule has 3 aliphatic rings. The third-order valence-electron chi connectivity index (χ3n) is 7.54. The fourth-order valence-corrected chi connectivity index (χ4v) is 5.06. The highest BCUT2D eigenvalue weighted by atomic mass is 16.7. The molecule has 0 spiro atoms. The van der Waals surface area contributed by atoms with Gasteiger partial charge in [0.15, 0.2) is 18.8 Å². The third kappa shape index (κ3) is 6.93. The quantitative estimate of drug-likeness (QED) is 0.122. The number of carbonyl (C=O) groups is 1. The van der Waals surface area contributed by atoms with E-state index < -0.39 is 118 Å². The maximum absolute atomic E-state index is 12.6. The largest absolute Gasteiger partial charge is 0.507 e. The van der Waals surface area contributed by atoms with E-state index in [2.05, 4.69) is 5.32 Å². The van der Waals surface area contributed by atoms with Crippen molar-refractivity contribution in [1.29, 1.82) is 0 Å². The highest BCUT2D eigenvalue weighted by Crippen LogP contribution is 2.32. The molecular weight excluding hydrogens is 586 g/mol. The lowest BCUT2D eigenvalue weighted by molar-refractivity contribution is -0.374. The minimum Gasteiger partial charge on any atom is -0.507 e. The summed E-state index contributed by atoms with van der Waals surface area (Å²) >= 11 is 0. The average molecular weight is 624 g/mol. The Hall–Kier alpha value is -2.11. The van der Waals surface area contributed by atoms with Crippen LogP contribution in [0.25, 0.3) is 0 Å². The first-order chi connectivity index (χ1) is 20.4. The summed E-state index contributed by atoms with van der Waals surface area (Å²) in [6.07, 6.45) is -25.9. The standard InChI is InChI=1S/C25H37NO17/c27-5-10-13(31)15(33)18(36)24(40-10)43-21-14(32)11(6-28)41-25(19(21)37)42-20-12(7-29)39-23(17(35)16(20)34)26-22(38)8-3-1-2-4-9(8)30/h1-4,10-21,23-25,27-37H,5-7H2,(H,26,38)/t10-,11-,12-,13+,14+,15+,16-,17-,18-,19-,20-,21+,23-,24-,25-/m1/s1. The molecule has 12 N–H and O–H groups in total. The number of aromatic hydroxyl groups is 1. The minimum atomic E-state index is -1.97. The van der Waals surface area contributed by atoms with Crippen LogP contribution in [0.4, 0.5) is 0 Å². The molecule has 0 unspecified atom stereocenters. The molecule has 0 saturated carbocycles. The van der Waals surface area contributed by atoms with E-state index >= 15 is 0 Å². The Morgan fingerprint density at radius 3 is 1.81 bits per heavy atom. The van der Waals surface area contributed by atoms with Gasteiger partial charge in [0.2, 0.25) is 0 Å². The van der Waals surface area contributed by atoms with E-state index in [9.17, 15) is 61.0 Å². The van der Waals surface area contributed by atoms with Crippen LogP contribution in [0.1, 0.15) is 10.4 Å². The van der Waals surface area contributed by atoms with Crippen LogP contribution in [0.3, 0.4) is 0 Å². The fraction of sp³-hybridized carbons (Fsp3) is 0.720. The van der Waals surface area contributed by atoms with Crippen molar-refractivity contribution in [1.82, 2.24) is 5.32 Å². The number of phenolic OH excluding ortho intramolecular Hbond substituents is 1. The van der Waals surface area contributed by atoms with Crippen LogP contribution in [-0.4, -0.2) is 174 Å². The molecular formula is C25H37NO17. The van der Waals surface area contributed by atoms with Crippen LogP contribution < -0.4 is 5.32 Å². The molecule has 15 atom stereocenters. The number of ether oxygens (including phenoxy) is 5. The smallest absolute Gasteiger partial charge is 0.257 e. The summed E-state index contributed by atoms with van der Waals surface area (Å²) in [6.45, 7) is -2.47. The number of aliphatic hydroxyl groups excluding tert-OH is 10. The van der Waals surface area contributed by atoms with E-state index in [1.165, 1.54) is 24.3 Å². The van der Waals surface area contributed by atoms with Crippen molar-refractivity contribution < 1.29 is 84.7 Å². The van der Waals surface area contributed by atoms with E-state index in [4.69, 9.17) is 23.7 Å². The Morgan fingerprint density at radius 2 is 1.21 bits per heavy atom. The lowest BCUT2D eigenvalue weighted by Crippen LogP contribution is -2.67. The third-order valence-corrected chi connectivity index (χ3v) is 7.54. The molecule has 1 aromatic rings. The maximum Gasteiger partial charge on any atom is 0.257 e. The Kier molecular flexibility index (Phi) is 11.3. The predicted molar refractivity (Wildman–Crippen MR) is 135 cm³/mol. The summed E-state index contributed by atoms with van der Waals surface area (Å²) in [7, 11) is 0. The minimum absolute atomic E-state index is 0.163. The van der Waals surface area contributed by atoms with Gasteiger partial charge >= 0.3 is 0 Å². The fourth-order valence-electron chi connectivity index (χ4n) is 5.06. The van der Waals surface area contributed by atoms with Gasteiger partial charge in [-0.15, -0.1) is 0 Å². The zero-order chi connectivity index (χ0) is 31.6. The van der Waals surface area contributed by atoms with E-state index in [-0.39, 0.29) is 11.3 Å². The van der Waals surface area contributed by atoms with Crippen molar-refractivity contribution in [2.24, 2.45) is 0 Å². The molecule has 18 heteroatoms. The number of para-hydroxylation sites is 1. The van der Waals surface area contributed by atoms with Gasteiger partial charge in [-0.05, 0) is 12.1 Å². The van der Waals surface area contributed by atoms with Crippen molar-refractivity contribution >= 4 is 5.91 Å². The van der Waals surface area contributed by atoms with Crippen LogP contribution >= 0.6 is 0 Å². The van der Waals surface area contributed by atoms with Crippen LogP contribution in [0, 0.1) is 0 Å². The number of carbonyl (C=O) groups excluding carboxylic acids is 1. The van der Waals surface area contributed by atoms with Gasteiger partial charge in [-0.2, -0.15) is 0 Å². The monoisotopic (exact) mass is 623 g/mol. The Labute approximate surface area is 243 Å². The number of hydrogen-bond acceptors (Lipinski definition) is 17. The van der Waals surface area contributed by atoms with Crippen LogP contribution in [0.2, 0.25) is 0 Å². The molecule has 0 aliphatic carbocycles. The van der Waals surface area contributed by atoms with Gasteiger partial charge < -0.3 is 85.2 Å². The first kappa shape index (κ1) is 33.8. The topological polar surface area (TPSA) is 298 Å². The first-order valence-corrected chi connectivity index (χ1v) is 13.4. The molecule has 244 valence electrons. The van der Waals surface area contributed by atoms with Crippen LogP contribution in [0.5, 0.6) is 5.75 Å². The van der Waals surface area contributed by atoms with Gasteiger partial charge in [0.05, 0.1) is 25.4 Å². The van der Waals surface area contributed by atoms with E-state index in [1.807, 2.05) is 0 Å². The number of nitrogens with one attached hydrogen (secondary N) is 1. The van der Waals surface area contributed by atoms with Crippen molar-refractivity contribution in [2.75, 3.05) is 19.8 Å². The summed E-state index contributed by atoms with van der Waals surface area (Å²) in [5, 5.41) is 115. The number of benzene rings is 1. The van der Waals surface area contributed by atoms with Gasteiger partial charge in [0.1, 0.15) is 79.0 Å². The van der Waals surface area contributed by atoms with E-state index in [1.54, 1.807) is 0 Å². The SMILES string of the molecule is O=C(N[C@@H]1O[C@H](CO)[C@@H](O[C@H]2O[C@H](CO)[C@H](O)[C@H](O[C@H]3O[C@H](CO)[C@H](O)[C@H](O)[C@H]3O)[C@H]2O)[C@H](O)[C@H]1O)c1ccccc1O. The summed E-state index contributed by atoms with van der Waals surface area (Å²) in [5.74, 6) is -1.24. The van der Waals surface area contributed by atoms with Crippen LogP contribution in [0.15, 0.2) is 24.3 Å². The Bertz CT molecular complexity index is 1060. The number of phenols is 1. The molecule has 1 aromatic carbocycles. The second kappa shape index (κ2) is 14.3. The molecule has 3 saturated heterocycles. The Morgan fingerprint density at radius 1 is 0.651 bits per heavy atom. The lowest BCUT2D eigenvalue weighted by Gasteiger charge is -2.48.